The third-order valence-electron chi connectivity index (χ3n) is 2.49. The van der Waals surface area contributed by atoms with Crippen LogP contribution in [0.4, 0.5) is 0 Å². The zero-order valence-electron chi connectivity index (χ0n) is 9.14. The lowest BCUT2D eigenvalue weighted by atomic mass is 10.2. The van der Waals surface area contributed by atoms with Gasteiger partial charge in [-0.25, -0.2) is 4.99 Å². The molecule has 0 radical (unpaired) electrons. The number of rotatable bonds is 1. The standard InChI is InChI=1S/C12H12N2O2/c1-8-13-11(12(16)14(8)2)7-9-3-5-10(15)6-4-9/h3-7,15H,1-2H3/b11-7-/i8+1. The number of likely N-dealkylation sites (N-methyl/N-ethyl adjacent to an activating group) is 1. The van der Waals surface area contributed by atoms with Crippen molar-refractivity contribution in [1.29, 1.82) is 0 Å². The molecule has 0 fully saturated rings. The summed E-state index contributed by atoms with van der Waals surface area (Å²) >= 11 is 0. The predicted molar refractivity (Wildman–Crippen MR) is 62.0 cm³/mol. The van der Waals surface area contributed by atoms with Gasteiger partial charge >= 0.3 is 0 Å². The van der Waals surface area contributed by atoms with Gasteiger partial charge in [-0.1, -0.05) is 12.1 Å². The largest absolute Gasteiger partial charge is 0.508 e. The van der Waals surface area contributed by atoms with E-state index in [1.54, 1.807) is 44.3 Å². The van der Waals surface area contributed by atoms with Crippen molar-refractivity contribution in [2.75, 3.05) is 7.05 Å². The van der Waals surface area contributed by atoms with Crippen molar-refractivity contribution in [2.45, 2.75) is 6.92 Å². The fraction of sp³-hybridized carbons (Fsp3) is 0.167. The van der Waals surface area contributed by atoms with Crippen molar-refractivity contribution >= 4 is 17.8 Å². The number of benzene rings is 1. The Bertz CT molecular complexity index is 486. The predicted octanol–water partition coefficient (Wildman–Crippen LogP) is 1.62. The molecule has 1 aromatic rings. The van der Waals surface area contributed by atoms with E-state index in [0.717, 1.165) is 5.56 Å². The molecule has 1 heterocycles. The number of phenols is 1. The minimum atomic E-state index is -0.106. The van der Waals surface area contributed by atoms with Gasteiger partial charge in [0.15, 0.2) is 0 Å². The third-order valence-corrected chi connectivity index (χ3v) is 2.49. The first kappa shape index (κ1) is 10.4. The maximum atomic E-state index is 11.7. The molecule has 0 spiro atoms. The van der Waals surface area contributed by atoms with E-state index in [-0.39, 0.29) is 11.7 Å². The summed E-state index contributed by atoms with van der Waals surface area (Å²) in [5, 5.41) is 9.13. The number of carbonyl (C=O) groups excluding carboxylic acids is 1. The Labute approximate surface area is 93.5 Å². The summed E-state index contributed by atoms with van der Waals surface area (Å²) in [6, 6.07) is 6.62. The molecule has 0 saturated carbocycles. The molecule has 0 aliphatic carbocycles. The van der Waals surface area contributed by atoms with Crippen LogP contribution in [0.15, 0.2) is 35.0 Å². The lowest BCUT2D eigenvalue weighted by molar-refractivity contribution is -0.121. The second-order valence-corrected chi connectivity index (χ2v) is 3.64. The van der Waals surface area contributed by atoms with Crippen LogP contribution < -0.4 is 0 Å². The van der Waals surface area contributed by atoms with Gasteiger partial charge in [-0.3, -0.25) is 9.69 Å². The monoisotopic (exact) mass is 217 g/mol. The molecule has 0 aromatic heterocycles. The molecule has 82 valence electrons. The van der Waals surface area contributed by atoms with E-state index in [4.69, 9.17) is 5.11 Å². The molecule has 0 bridgehead atoms. The van der Waals surface area contributed by atoms with E-state index in [1.807, 2.05) is 0 Å². The smallest absolute Gasteiger partial charge is 0.277 e. The Morgan fingerprint density at radius 3 is 2.44 bits per heavy atom. The summed E-state index contributed by atoms with van der Waals surface area (Å²) in [5.74, 6) is 0.789. The third kappa shape index (κ3) is 1.82. The summed E-state index contributed by atoms with van der Waals surface area (Å²) in [6.07, 6.45) is 1.70. The number of nitrogens with zero attached hydrogens (tertiary/aromatic N) is 2. The molecule has 1 N–H and O–H groups in total. The number of amidine groups is 1. The molecule has 4 heteroatoms. The second-order valence-electron chi connectivity index (χ2n) is 3.64. The van der Waals surface area contributed by atoms with Gasteiger partial charge < -0.3 is 5.11 Å². The van der Waals surface area contributed by atoms with E-state index >= 15 is 0 Å². The summed E-state index contributed by atoms with van der Waals surface area (Å²) < 4.78 is 0. The van der Waals surface area contributed by atoms with Gasteiger partial charge in [0, 0.05) is 7.05 Å². The van der Waals surface area contributed by atoms with Crippen LogP contribution in [0.25, 0.3) is 6.08 Å². The minimum Gasteiger partial charge on any atom is -0.508 e. The van der Waals surface area contributed by atoms with Gasteiger partial charge in [0.25, 0.3) is 5.91 Å². The topological polar surface area (TPSA) is 52.9 Å². The van der Waals surface area contributed by atoms with E-state index in [2.05, 4.69) is 4.99 Å². The fourth-order valence-electron chi connectivity index (χ4n) is 1.44. The molecule has 0 saturated heterocycles. The van der Waals surface area contributed by atoms with Crippen LogP contribution in [0.2, 0.25) is 0 Å². The number of hydrogen-bond donors (Lipinski definition) is 1. The number of hydrogen-bond acceptors (Lipinski definition) is 3. The molecule has 0 unspecified atom stereocenters. The molecule has 1 aliphatic heterocycles. The quantitative estimate of drug-likeness (QED) is 0.574. The first-order chi connectivity index (χ1) is 7.58. The Balaban J connectivity index is 2.32. The maximum absolute atomic E-state index is 11.7. The Kier molecular flexibility index (Phi) is 2.48. The zero-order chi connectivity index (χ0) is 11.7. The highest BCUT2D eigenvalue weighted by Gasteiger charge is 2.23. The first-order valence-electron chi connectivity index (χ1n) is 4.92. The average Bonchev–Trinajstić information content (AvgIpc) is 2.50. The van der Waals surface area contributed by atoms with E-state index in [1.165, 1.54) is 4.90 Å². The van der Waals surface area contributed by atoms with Crippen LogP contribution in [-0.4, -0.2) is 28.8 Å². The van der Waals surface area contributed by atoms with Crippen molar-refractivity contribution < 1.29 is 9.90 Å². The molecular formula is C12H12N2O2. The highest BCUT2D eigenvalue weighted by Crippen LogP contribution is 2.18. The Morgan fingerprint density at radius 2 is 1.94 bits per heavy atom. The second kappa shape index (κ2) is 3.81. The highest BCUT2D eigenvalue weighted by molar-refractivity contribution is 6.13. The lowest BCUT2D eigenvalue weighted by Gasteiger charge is -2.05. The van der Waals surface area contributed by atoms with Crippen LogP contribution >= 0.6 is 0 Å². The Morgan fingerprint density at radius 1 is 1.31 bits per heavy atom. The van der Waals surface area contributed by atoms with Crippen LogP contribution in [0.5, 0.6) is 5.75 Å². The number of amides is 1. The zero-order valence-corrected chi connectivity index (χ0v) is 9.14. The van der Waals surface area contributed by atoms with Crippen LogP contribution in [0.1, 0.15) is 12.5 Å². The number of aliphatic imine (C=N–C) groups is 1. The Hall–Kier alpha value is -2.10. The van der Waals surface area contributed by atoms with Crippen molar-refractivity contribution in [3.8, 4) is 5.75 Å². The normalized spacial score (nSPS) is 18.1. The first-order valence-corrected chi connectivity index (χ1v) is 4.92. The van der Waals surface area contributed by atoms with Crippen molar-refractivity contribution in [3.05, 3.63) is 35.5 Å². The molecule has 1 amide bonds. The molecule has 1 aliphatic rings. The molecule has 2 rings (SSSR count). The molecule has 4 nitrogen and oxygen atoms in total. The summed E-state index contributed by atoms with van der Waals surface area (Å²) in [7, 11) is 1.69. The molecular weight excluding hydrogens is 205 g/mol. The number of carbonyl (C=O) groups is 1. The van der Waals surface area contributed by atoms with Gasteiger partial charge in [0.1, 0.15) is 17.3 Å². The maximum Gasteiger partial charge on any atom is 0.277 e. The SMILES string of the molecule is C[13C]1=N/C(=C\c2ccc(O)cc2)C(=O)N1C. The molecule has 0 atom stereocenters. The number of phenolic OH excluding ortho intramolecular Hbond substituents is 1. The van der Waals surface area contributed by atoms with Crippen molar-refractivity contribution in [1.82, 2.24) is 4.90 Å². The summed E-state index contributed by atoms with van der Waals surface area (Å²) in [5.41, 5.74) is 1.26. The number of aromatic hydroxyl groups is 1. The minimum absolute atomic E-state index is 0.106. The molecule has 16 heavy (non-hydrogen) atoms. The van der Waals surface area contributed by atoms with Crippen molar-refractivity contribution in [2.24, 2.45) is 4.99 Å². The van der Waals surface area contributed by atoms with E-state index in [9.17, 15) is 4.79 Å². The highest BCUT2D eigenvalue weighted by atomic mass is 16.3. The van der Waals surface area contributed by atoms with Gasteiger partial charge in [0.2, 0.25) is 0 Å². The van der Waals surface area contributed by atoms with Crippen LogP contribution in [0.3, 0.4) is 0 Å². The fourth-order valence-corrected chi connectivity index (χ4v) is 1.44. The van der Waals surface area contributed by atoms with E-state index in [0.29, 0.717) is 11.5 Å². The van der Waals surface area contributed by atoms with Crippen LogP contribution in [-0.2, 0) is 4.79 Å². The van der Waals surface area contributed by atoms with Gasteiger partial charge in [-0.05, 0) is 30.7 Å². The van der Waals surface area contributed by atoms with Gasteiger partial charge in [-0.2, -0.15) is 0 Å². The molecule has 1 aromatic carbocycles. The summed E-state index contributed by atoms with van der Waals surface area (Å²) in [6.45, 7) is 1.79. The van der Waals surface area contributed by atoms with Gasteiger partial charge in [0.05, 0.1) is 0 Å². The van der Waals surface area contributed by atoms with Gasteiger partial charge in [-0.15, -0.1) is 0 Å². The summed E-state index contributed by atoms with van der Waals surface area (Å²) in [4.78, 5) is 17.3. The average molecular weight is 217 g/mol. The lowest BCUT2D eigenvalue weighted by Crippen LogP contribution is -2.25. The van der Waals surface area contributed by atoms with Crippen LogP contribution in [0, 0.1) is 0 Å². The van der Waals surface area contributed by atoms with E-state index < -0.39 is 0 Å². The van der Waals surface area contributed by atoms with Crippen molar-refractivity contribution in [3.63, 3.8) is 0 Å².